The molecule has 1 amide bonds. The quantitative estimate of drug-likeness (QED) is 0.738. The summed E-state index contributed by atoms with van der Waals surface area (Å²) >= 11 is 1.14. The van der Waals surface area contributed by atoms with Crippen LogP contribution in [0.25, 0.3) is 5.65 Å². The van der Waals surface area contributed by atoms with E-state index >= 15 is 0 Å². The highest BCUT2D eigenvalue weighted by Gasteiger charge is 2.08. The minimum atomic E-state index is -0.401. The number of nitrogens with one attached hydrogen (secondary N) is 1. The van der Waals surface area contributed by atoms with Crippen molar-refractivity contribution in [2.24, 2.45) is 0 Å². The van der Waals surface area contributed by atoms with Gasteiger partial charge >= 0.3 is 5.69 Å². The van der Waals surface area contributed by atoms with Gasteiger partial charge in [-0.1, -0.05) is 29.5 Å². The molecule has 3 aromatic rings. The van der Waals surface area contributed by atoms with Crippen LogP contribution in [0.1, 0.15) is 11.1 Å². The van der Waals surface area contributed by atoms with E-state index in [4.69, 9.17) is 0 Å². The number of fused-ring (bicyclic) bond motifs is 1. The summed E-state index contributed by atoms with van der Waals surface area (Å²) in [5.74, 6) is -0.0353. The maximum atomic E-state index is 12.0. The minimum Gasteiger partial charge on any atom is -0.325 e. The van der Waals surface area contributed by atoms with Gasteiger partial charge in [0.15, 0.2) is 5.16 Å². The van der Waals surface area contributed by atoms with E-state index in [1.807, 2.05) is 44.2 Å². The minimum absolute atomic E-state index is 0.134. The maximum Gasteiger partial charge on any atom is 0.355 e. The van der Waals surface area contributed by atoms with Crippen LogP contribution in [0.3, 0.4) is 0 Å². The first-order chi connectivity index (χ1) is 11.5. The standard InChI is InChI=1S/C17H16N4O2S/c1-11-3-5-13(6-4-11)18-15(22)10-24-16-19-14-9-12(2)7-8-21(14)17(23)20-16/h3-9H,10H2,1-2H3,(H,18,22). The number of carbonyl (C=O) groups is 1. The second kappa shape index (κ2) is 6.84. The number of nitrogens with zero attached hydrogens (tertiary/aromatic N) is 3. The lowest BCUT2D eigenvalue weighted by Gasteiger charge is -2.06. The summed E-state index contributed by atoms with van der Waals surface area (Å²) < 4.78 is 1.38. The van der Waals surface area contributed by atoms with Gasteiger partial charge in [-0.05, 0) is 43.7 Å². The Morgan fingerprint density at radius 3 is 2.62 bits per heavy atom. The van der Waals surface area contributed by atoms with Gasteiger partial charge in [0.1, 0.15) is 5.65 Å². The van der Waals surface area contributed by atoms with E-state index in [0.717, 1.165) is 28.6 Å². The Kier molecular flexibility index (Phi) is 4.61. The zero-order valence-electron chi connectivity index (χ0n) is 13.3. The molecule has 122 valence electrons. The van der Waals surface area contributed by atoms with Crippen LogP contribution in [0.2, 0.25) is 0 Å². The van der Waals surface area contributed by atoms with Crippen LogP contribution in [0.4, 0.5) is 5.69 Å². The predicted molar refractivity (Wildman–Crippen MR) is 94.5 cm³/mol. The van der Waals surface area contributed by atoms with Crippen molar-refractivity contribution in [2.75, 3.05) is 11.1 Å². The monoisotopic (exact) mass is 340 g/mol. The van der Waals surface area contributed by atoms with Crippen molar-refractivity contribution in [3.8, 4) is 0 Å². The van der Waals surface area contributed by atoms with Crippen molar-refractivity contribution in [1.29, 1.82) is 0 Å². The average molecular weight is 340 g/mol. The highest BCUT2D eigenvalue weighted by atomic mass is 32.2. The smallest absolute Gasteiger partial charge is 0.325 e. The molecule has 7 heteroatoms. The van der Waals surface area contributed by atoms with Gasteiger partial charge in [-0.3, -0.25) is 9.20 Å². The first-order valence-electron chi connectivity index (χ1n) is 7.38. The van der Waals surface area contributed by atoms with Crippen molar-refractivity contribution in [2.45, 2.75) is 19.0 Å². The van der Waals surface area contributed by atoms with Crippen molar-refractivity contribution >= 4 is 29.0 Å². The number of benzene rings is 1. The van der Waals surface area contributed by atoms with Crippen LogP contribution in [-0.2, 0) is 4.79 Å². The summed E-state index contributed by atoms with van der Waals surface area (Å²) in [7, 11) is 0. The summed E-state index contributed by atoms with van der Waals surface area (Å²) in [6, 6.07) is 11.2. The molecule has 0 saturated heterocycles. The van der Waals surface area contributed by atoms with Crippen LogP contribution >= 0.6 is 11.8 Å². The second-order valence-corrected chi connectivity index (χ2v) is 6.37. The summed E-state index contributed by atoms with van der Waals surface area (Å²) in [6.07, 6.45) is 1.64. The summed E-state index contributed by atoms with van der Waals surface area (Å²) in [5, 5.41) is 3.10. The zero-order chi connectivity index (χ0) is 17.1. The van der Waals surface area contributed by atoms with Crippen LogP contribution < -0.4 is 11.0 Å². The van der Waals surface area contributed by atoms with Gasteiger partial charge in [0.25, 0.3) is 0 Å². The predicted octanol–water partition coefficient (Wildman–Crippen LogP) is 2.44. The van der Waals surface area contributed by atoms with Gasteiger partial charge in [0, 0.05) is 11.9 Å². The third-order valence-corrected chi connectivity index (χ3v) is 4.21. The lowest BCUT2D eigenvalue weighted by Crippen LogP contribution is -2.20. The molecule has 1 aromatic carbocycles. The fraction of sp³-hybridized carbons (Fsp3) is 0.176. The molecule has 0 radical (unpaired) electrons. The summed E-state index contributed by atoms with van der Waals surface area (Å²) in [5.41, 5.74) is 2.99. The molecule has 1 N–H and O–H groups in total. The number of thioether (sulfide) groups is 1. The second-order valence-electron chi connectivity index (χ2n) is 5.42. The SMILES string of the molecule is Cc1ccc(NC(=O)CSc2nc(=O)n3ccc(C)cc3n2)cc1. The van der Waals surface area contributed by atoms with Gasteiger partial charge in [-0.15, -0.1) is 0 Å². The Bertz CT molecular complexity index is 951. The Hall–Kier alpha value is -2.67. The molecule has 0 unspecified atom stereocenters. The molecule has 0 saturated carbocycles. The van der Waals surface area contributed by atoms with Gasteiger partial charge in [0.2, 0.25) is 5.91 Å². The van der Waals surface area contributed by atoms with Crippen molar-refractivity contribution in [1.82, 2.24) is 14.4 Å². The maximum absolute atomic E-state index is 12.0. The molecule has 24 heavy (non-hydrogen) atoms. The third-order valence-electron chi connectivity index (χ3n) is 3.37. The first kappa shape index (κ1) is 16.2. The Morgan fingerprint density at radius 1 is 1.12 bits per heavy atom. The van der Waals surface area contributed by atoms with E-state index in [9.17, 15) is 9.59 Å². The van der Waals surface area contributed by atoms with E-state index in [0.29, 0.717) is 10.8 Å². The van der Waals surface area contributed by atoms with Gasteiger partial charge in [0.05, 0.1) is 5.75 Å². The Labute approximate surface area is 143 Å². The third kappa shape index (κ3) is 3.80. The molecule has 0 aliphatic heterocycles. The lowest BCUT2D eigenvalue weighted by molar-refractivity contribution is -0.113. The lowest BCUT2D eigenvalue weighted by atomic mass is 10.2. The molecule has 0 spiro atoms. The molecule has 0 fully saturated rings. The molecular formula is C17H16N4O2S. The molecule has 0 aliphatic carbocycles. The Balaban J connectivity index is 1.70. The molecule has 0 atom stereocenters. The topological polar surface area (TPSA) is 76.4 Å². The normalized spacial score (nSPS) is 10.8. The first-order valence-corrected chi connectivity index (χ1v) is 8.36. The molecule has 6 nitrogen and oxygen atoms in total. The molecule has 3 rings (SSSR count). The fourth-order valence-corrected chi connectivity index (χ4v) is 2.76. The van der Waals surface area contributed by atoms with Gasteiger partial charge < -0.3 is 5.32 Å². The van der Waals surface area contributed by atoms with Crippen molar-refractivity contribution in [3.63, 3.8) is 0 Å². The largest absolute Gasteiger partial charge is 0.355 e. The molecule has 2 heterocycles. The number of aryl methyl sites for hydroxylation is 2. The molecular weight excluding hydrogens is 324 g/mol. The number of amides is 1. The number of hydrogen-bond acceptors (Lipinski definition) is 5. The highest BCUT2D eigenvalue weighted by Crippen LogP contribution is 2.14. The van der Waals surface area contributed by atoms with Crippen molar-refractivity contribution < 1.29 is 4.79 Å². The number of pyridine rings is 1. The van der Waals surface area contributed by atoms with E-state index in [2.05, 4.69) is 15.3 Å². The number of anilines is 1. The van der Waals surface area contributed by atoms with Crippen molar-refractivity contribution in [3.05, 3.63) is 64.2 Å². The van der Waals surface area contributed by atoms with Gasteiger partial charge in [-0.2, -0.15) is 4.98 Å². The summed E-state index contributed by atoms with van der Waals surface area (Å²) in [6.45, 7) is 3.91. The molecule has 0 aliphatic rings. The number of rotatable bonds is 4. The van der Waals surface area contributed by atoms with E-state index in [1.54, 1.807) is 12.3 Å². The number of aromatic nitrogens is 3. The van der Waals surface area contributed by atoms with Crippen LogP contribution in [0, 0.1) is 13.8 Å². The van der Waals surface area contributed by atoms with E-state index < -0.39 is 5.69 Å². The van der Waals surface area contributed by atoms with E-state index in [-0.39, 0.29) is 11.7 Å². The molecule has 0 bridgehead atoms. The van der Waals surface area contributed by atoms with Gasteiger partial charge in [-0.25, -0.2) is 9.78 Å². The average Bonchev–Trinajstić information content (AvgIpc) is 2.55. The van der Waals surface area contributed by atoms with Crippen LogP contribution in [0.15, 0.2) is 52.5 Å². The van der Waals surface area contributed by atoms with Crippen LogP contribution in [0.5, 0.6) is 0 Å². The highest BCUT2D eigenvalue weighted by molar-refractivity contribution is 7.99. The molecule has 2 aromatic heterocycles. The van der Waals surface area contributed by atoms with E-state index in [1.165, 1.54) is 4.40 Å². The van der Waals surface area contributed by atoms with Crippen LogP contribution in [-0.4, -0.2) is 26.0 Å². The Morgan fingerprint density at radius 2 is 1.88 bits per heavy atom. The number of hydrogen-bond donors (Lipinski definition) is 1. The zero-order valence-corrected chi connectivity index (χ0v) is 14.1. The summed E-state index contributed by atoms with van der Waals surface area (Å²) in [4.78, 5) is 32.2. The fourth-order valence-electron chi connectivity index (χ4n) is 2.12. The number of carbonyl (C=O) groups excluding carboxylic acids is 1.